The third-order valence-electron chi connectivity index (χ3n) is 3.42. The van der Waals surface area contributed by atoms with Crippen molar-refractivity contribution < 1.29 is 9.47 Å². The monoisotopic (exact) mass is 275 g/mol. The second-order valence-corrected chi connectivity index (χ2v) is 5.14. The van der Waals surface area contributed by atoms with Gasteiger partial charge in [-0.3, -0.25) is 0 Å². The van der Waals surface area contributed by atoms with Crippen LogP contribution in [0, 0.1) is 12.1 Å². The van der Waals surface area contributed by atoms with E-state index in [0.717, 1.165) is 33.2 Å². The summed E-state index contributed by atoms with van der Waals surface area (Å²) in [4.78, 5) is 0. The van der Waals surface area contributed by atoms with Gasteiger partial charge in [0.1, 0.15) is 0 Å². The van der Waals surface area contributed by atoms with E-state index in [1.54, 1.807) is 6.20 Å². The van der Waals surface area contributed by atoms with E-state index in [0.29, 0.717) is 23.8 Å². The number of pyridine rings is 1. The Morgan fingerprint density at radius 3 is 2.95 bits per heavy atom. The number of hydrogen-bond acceptors (Lipinski definition) is 2. The van der Waals surface area contributed by atoms with Crippen LogP contribution < -0.4 is 4.73 Å². The molecule has 1 aliphatic rings. The zero-order valence-corrected chi connectivity index (χ0v) is 11.4. The summed E-state index contributed by atoms with van der Waals surface area (Å²) in [7, 11) is 0. The predicted octanol–water partition coefficient (Wildman–Crippen LogP) is 3.24. The van der Waals surface area contributed by atoms with Gasteiger partial charge in [-0.2, -0.15) is 4.73 Å². The van der Waals surface area contributed by atoms with Gasteiger partial charge in [0.05, 0.1) is 29.2 Å². The summed E-state index contributed by atoms with van der Waals surface area (Å²) in [5.41, 5.74) is 3.56. The van der Waals surface area contributed by atoms with Gasteiger partial charge in [-0.05, 0) is 30.5 Å². The third-order valence-corrected chi connectivity index (χ3v) is 3.83. The lowest BCUT2D eigenvalue weighted by atomic mass is 10.0. The number of halogens is 1. The fourth-order valence-corrected chi connectivity index (χ4v) is 2.72. The molecule has 1 aliphatic heterocycles. The molecule has 0 spiro atoms. The highest BCUT2D eigenvalue weighted by Crippen LogP contribution is 2.32. The molecule has 1 aromatic heterocycles. The molecule has 2 aromatic rings. The Labute approximate surface area is 116 Å². The topological polar surface area (TPSA) is 36.2 Å². The molecule has 1 aromatic carbocycles. The molecular formula is C15H14ClNO2. The zero-order valence-electron chi connectivity index (χ0n) is 10.6. The van der Waals surface area contributed by atoms with Crippen molar-refractivity contribution in [2.24, 2.45) is 0 Å². The highest BCUT2D eigenvalue weighted by Gasteiger charge is 2.18. The Kier molecular flexibility index (Phi) is 3.17. The first-order valence-electron chi connectivity index (χ1n) is 6.26. The van der Waals surface area contributed by atoms with Crippen molar-refractivity contribution in [1.82, 2.24) is 0 Å². The number of benzene rings is 1. The van der Waals surface area contributed by atoms with Crippen molar-refractivity contribution in [1.29, 1.82) is 0 Å². The quantitative estimate of drug-likeness (QED) is 0.592. The second-order valence-electron chi connectivity index (χ2n) is 4.76. The van der Waals surface area contributed by atoms with Crippen LogP contribution in [0.1, 0.15) is 17.5 Å². The lowest BCUT2D eigenvalue weighted by molar-refractivity contribution is -0.577. The lowest BCUT2D eigenvalue weighted by Gasteiger charge is -2.15. The van der Waals surface area contributed by atoms with Crippen molar-refractivity contribution in [3.63, 3.8) is 0 Å². The largest absolute Gasteiger partial charge is 0.618 e. The Bertz CT molecular complexity index is 679. The lowest BCUT2D eigenvalue weighted by Crippen LogP contribution is -2.27. The van der Waals surface area contributed by atoms with Crippen molar-refractivity contribution in [2.45, 2.75) is 13.3 Å². The van der Waals surface area contributed by atoms with E-state index in [2.05, 4.69) is 0 Å². The van der Waals surface area contributed by atoms with Crippen LogP contribution in [0.15, 0.2) is 30.5 Å². The number of fused-ring (bicyclic) bond motifs is 1. The molecule has 2 heterocycles. The smallest absolute Gasteiger partial charge is 0.225 e. The molecule has 19 heavy (non-hydrogen) atoms. The first kappa shape index (κ1) is 12.5. The van der Waals surface area contributed by atoms with E-state index < -0.39 is 0 Å². The van der Waals surface area contributed by atoms with E-state index in [1.807, 2.05) is 31.2 Å². The maximum atomic E-state index is 12.1. The van der Waals surface area contributed by atoms with E-state index in [4.69, 9.17) is 16.3 Å². The van der Waals surface area contributed by atoms with Gasteiger partial charge in [-0.1, -0.05) is 23.7 Å². The minimum atomic E-state index is 0.580. The van der Waals surface area contributed by atoms with Crippen LogP contribution >= 0.6 is 11.6 Å². The summed E-state index contributed by atoms with van der Waals surface area (Å²) in [6.07, 6.45) is 4.35. The van der Waals surface area contributed by atoms with E-state index >= 15 is 0 Å². The zero-order chi connectivity index (χ0) is 13.4. The Hall–Kier alpha value is -1.58. The van der Waals surface area contributed by atoms with Gasteiger partial charge >= 0.3 is 0 Å². The van der Waals surface area contributed by atoms with E-state index in [-0.39, 0.29) is 0 Å². The van der Waals surface area contributed by atoms with Crippen LogP contribution in [0.2, 0.25) is 5.02 Å². The number of aryl methyl sites for hydroxylation is 1. The SMILES string of the molecule is Cc1ccc2c(Cl)c(C3=CCOCC3)c[n+]([O-])c2c1. The van der Waals surface area contributed by atoms with Crippen molar-refractivity contribution in [3.05, 3.63) is 51.8 Å². The molecule has 0 N–H and O–H groups in total. The minimum absolute atomic E-state index is 0.580. The third kappa shape index (κ3) is 2.20. The maximum absolute atomic E-state index is 12.1. The summed E-state index contributed by atoms with van der Waals surface area (Å²) >= 11 is 6.47. The summed E-state index contributed by atoms with van der Waals surface area (Å²) in [5, 5.41) is 13.6. The highest BCUT2D eigenvalue weighted by molar-refractivity contribution is 6.36. The summed E-state index contributed by atoms with van der Waals surface area (Å²) in [6.45, 7) is 3.21. The summed E-state index contributed by atoms with van der Waals surface area (Å²) < 4.78 is 6.19. The molecule has 0 bridgehead atoms. The molecule has 4 heteroatoms. The van der Waals surface area contributed by atoms with Crippen molar-refractivity contribution in [3.8, 4) is 0 Å². The van der Waals surface area contributed by atoms with Crippen LogP contribution in [0.5, 0.6) is 0 Å². The van der Waals surface area contributed by atoms with Gasteiger partial charge < -0.3 is 9.94 Å². The molecule has 0 atom stereocenters. The number of aromatic nitrogens is 1. The fourth-order valence-electron chi connectivity index (χ4n) is 2.39. The Morgan fingerprint density at radius 1 is 1.37 bits per heavy atom. The standard InChI is InChI=1S/C15H14ClNO2/c1-10-2-3-12-14(8-10)17(18)9-13(15(12)16)11-4-6-19-7-5-11/h2-4,8-9H,5-7H2,1H3. The van der Waals surface area contributed by atoms with Gasteiger partial charge in [-0.25, -0.2) is 0 Å². The maximum Gasteiger partial charge on any atom is 0.225 e. The number of nitrogens with zero attached hydrogens (tertiary/aromatic N) is 1. The van der Waals surface area contributed by atoms with E-state index in [9.17, 15) is 5.21 Å². The van der Waals surface area contributed by atoms with Gasteiger partial charge in [0, 0.05) is 6.07 Å². The normalized spacial score (nSPS) is 15.6. The van der Waals surface area contributed by atoms with Crippen molar-refractivity contribution >= 4 is 28.1 Å². The average molecular weight is 276 g/mol. The Morgan fingerprint density at radius 2 is 2.21 bits per heavy atom. The molecule has 0 amide bonds. The second kappa shape index (κ2) is 4.83. The summed E-state index contributed by atoms with van der Waals surface area (Å²) in [6, 6.07) is 5.73. The molecule has 3 rings (SSSR count). The molecule has 0 radical (unpaired) electrons. The van der Waals surface area contributed by atoms with Crippen LogP contribution in [0.25, 0.3) is 16.5 Å². The summed E-state index contributed by atoms with van der Waals surface area (Å²) in [5.74, 6) is 0. The van der Waals surface area contributed by atoms with Crippen LogP contribution in [-0.2, 0) is 4.74 Å². The molecule has 3 nitrogen and oxygen atoms in total. The number of hydrogen-bond donors (Lipinski definition) is 0. The number of ether oxygens (including phenoxy) is 1. The van der Waals surface area contributed by atoms with Crippen LogP contribution in [-0.4, -0.2) is 13.2 Å². The number of rotatable bonds is 1. The first-order valence-corrected chi connectivity index (χ1v) is 6.64. The first-order chi connectivity index (χ1) is 9.16. The molecule has 0 unspecified atom stereocenters. The predicted molar refractivity (Wildman–Crippen MR) is 76.1 cm³/mol. The van der Waals surface area contributed by atoms with Gasteiger partial charge in [0.2, 0.25) is 5.52 Å². The van der Waals surface area contributed by atoms with Crippen LogP contribution in [0.4, 0.5) is 0 Å². The highest BCUT2D eigenvalue weighted by atomic mass is 35.5. The van der Waals surface area contributed by atoms with Crippen molar-refractivity contribution in [2.75, 3.05) is 13.2 Å². The average Bonchev–Trinajstić information content (AvgIpc) is 2.43. The van der Waals surface area contributed by atoms with Gasteiger partial charge in [0.25, 0.3) is 0 Å². The van der Waals surface area contributed by atoms with E-state index in [1.165, 1.54) is 0 Å². The molecule has 0 aliphatic carbocycles. The van der Waals surface area contributed by atoms with Crippen LogP contribution in [0.3, 0.4) is 0 Å². The molecule has 0 fully saturated rings. The molecular weight excluding hydrogens is 262 g/mol. The molecule has 0 saturated heterocycles. The van der Waals surface area contributed by atoms with Gasteiger partial charge in [-0.15, -0.1) is 0 Å². The molecule has 98 valence electrons. The van der Waals surface area contributed by atoms with Gasteiger partial charge in [0.15, 0.2) is 6.20 Å². The fraction of sp³-hybridized carbons (Fsp3) is 0.267. The Balaban J connectivity index is 2.24. The minimum Gasteiger partial charge on any atom is -0.618 e. The molecule has 0 saturated carbocycles.